The van der Waals surface area contributed by atoms with Gasteiger partial charge in [-0.25, -0.2) is 8.78 Å². The van der Waals surface area contributed by atoms with E-state index in [4.69, 9.17) is 0 Å². The predicted octanol–water partition coefficient (Wildman–Crippen LogP) is 3.53. The Hall–Kier alpha value is -1.97. The average Bonchev–Trinajstić information content (AvgIpc) is 3.03. The summed E-state index contributed by atoms with van der Waals surface area (Å²) >= 11 is 3.10. The van der Waals surface area contributed by atoms with E-state index in [9.17, 15) is 18.4 Å². The maximum Gasteiger partial charge on any atom is 0.264 e. The molecule has 0 spiro atoms. The van der Waals surface area contributed by atoms with Gasteiger partial charge in [0, 0.05) is 32.2 Å². The SMILES string of the molecule is CSc1ccc(C(=O)N2CCCN(CC(=O)Nc3ccc(F)cc3F)CC2)s1. The molecule has 1 saturated heterocycles. The number of nitrogens with zero attached hydrogens (tertiary/aromatic N) is 2. The van der Waals surface area contributed by atoms with Crippen molar-refractivity contribution in [3.8, 4) is 0 Å². The molecule has 0 atom stereocenters. The summed E-state index contributed by atoms with van der Waals surface area (Å²) in [5, 5.41) is 2.47. The van der Waals surface area contributed by atoms with Gasteiger partial charge in [-0.15, -0.1) is 23.1 Å². The summed E-state index contributed by atoms with van der Waals surface area (Å²) in [7, 11) is 0. The van der Waals surface area contributed by atoms with Crippen molar-refractivity contribution in [2.45, 2.75) is 10.6 Å². The minimum Gasteiger partial charge on any atom is -0.337 e. The quantitative estimate of drug-likeness (QED) is 0.745. The minimum atomic E-state index is -0.804. The number of thiophene rings is 1. The van der Waals surface area contributed by atoms with Crippen molar-refractivity contribution in [3.63, 3.8) is 0 Å². The van der Waals surface area contributed by atoms with Crippen molar-refractivity contribution < 1.29 is 18.4 Å². The summed E-state index contributed by atoms with van der Waals surface area (Å²) in [4.78, 5) is 29.4. The summed E-state index contributed by atoms with van der Waals surface area (Å²) in [5.41, 5.74) is -0.0414. The fourth-order valence-electron chi connectivity index (χ4n) is 3.02. The van der Waals surface area contributed by atoms with Gasteiger partial charge in [-0.3, -0.25) is 14.5 Å². The van der Waals surface area contributed by atoms with E-state index in [1.807, 2.05) is 28.2 Å². The van der Waals surface area contributed by atoms with Gasteiger partial charge in [0.1, 0.15) is 11.6 Å². The first-order chi connectivity index (χ1) is 13.5. The Morgan fingerprint density at radius 2 is 1.96 bits per heavy atom. The summed E-state index contributed by atoms with van der Waals surface area (Å²) in [6, 6.07) is 6.84. The molecule has 2 heterocycles. The van der Waals surface area contributed by atoms with E-state index in [-0.39, 0.29) is 24.0 Å². The number of nitrogens with one attached hydrogen (secondary N) is 1. The van der Waals surface area contributed by atoms with Crippen molar-refractivity contribution in [2.75, 3.05) is 44.3 Å². The second-order valence-electron chi connectivity index (χ2n) is 6.42. The van der Waals surface area contributed by atoms with Crippen molar-refractivity contribution in [3.05, 3.63) is 46.8 Å². The van der Waals surface area contributed by atoms with E-state index in [1.54, 1.807) is 11.8 Å². The highest BCUT2D eigenvalue weighted by Gasteiger charge is 2.22. The van der Waals surface area contributed by atoms with Crippen LogP contribution in [-0.4, -0.2) is 60.6 Å². The van der Waals surface area contributed by atoms with Crippen LogP contribution in [0.2, 0.25) is 0 Å². The third-order valence-corrected chi connectivity index (χ3v) is 6.60. The van der Waals surface area contributed by atoms with Crippen LogP contribution in [0.1, 0.15) is 16.1 Å². The van der Waals surface area contributed by atoms with Crippen LogP contribution in [-0.2, 0) is 4.79 Å². The second-order valence-corrected chi connectivity index (χ2v) is 8.61. The summed E-state index contributed by atoms with van der Waals surface area (Å²) in [6.07, 6.45) is 2.73. The topological polar surface area (TPSA) is 52.7 Å². The molecule has 2 aromatic rings. The lowest BCUT2D eigenvalue weighted by Gasteiger charge is -2.21. The number of benzene rings is 1. The average molecular weight is 426 g/mol. The van der Waals surface area contributed by atoms with E-state index in [2.05, 4.69) is 5.32 Å². The van der Waals surface area contributed by atoms with Crippen molar-refractivity contribution in [1.29, 1.82) is 0 Å². The zero-order valence-corrected chi connectivity index (χ0v) is 17.0. The van der Waals surface area contributed by atoms with E-state index in [0.29, 0.717) is 26.2 Å². The maximum absolute atomic E-state index is 13.7. The molecular formula is C19H21F2N3O2S2. The number of rotatable bonds is 5. The molecule has 3 rings (SSSR count). The lowest BCUT2D eigenvalue weighted by Crippen LogP contribution is -2.37. The molecule has 1 aromatic carbocycles. The molecule has 5 nitrogen and oxygen atoms in total. The Bertz CT molecular complexity index is 859. The summed E-state index contributed by atoms with van der Waals surface area (Å²) in [6.45, 7) is 2.49. The normalized spacial score (nSPS) is 15.3. The smallest absolute Gasteiger partial charge is 0.264 e. The Morgan fingerprint density at radius 3 is 2.68 bits per heavy atom. The molecule has 1 fully saturated rings. The van der Waals surface area contributed by atoms with Gasteiger partial charge in [0.05, 0.1) is 21.3 Å². The van der Waals surface area contributed by atoms with E-state index < -0.39 is 11.6 Å². The molecule has 0 unspecified atom stereocenters. The van der Waals surface area contributed by atoms with Gasteiger partial charge in [0.25, 0.3) is 5.91 Å². The van der Waals surface area contributed by atoms with Crippen LogP contribution < -0.4 is 5.32 Å². The zero-order chi connectivity index (χ0) is 20.1. The van der Waals surface area contributed by atoms with Crippen molar-refractivity contribution >= 4 is 40.6 Å². The number of amides is 2. The zero-order valence-electron chi connectivity index (χ0n) is 15.4. The van der Waals surface area contributed by atoms with Gasteiger partial charge >= 0.3 is 0 Å². The second kappa shape index (κ2) is 9.49. The molecule has 9 heteroatoms. The number of hydrogen-bond acceptors (Lipinski definition) is 5. The molecule has 0 bridgehead atoms. The number of anilines is 1. The molecule has 150 valence electrons. The first-order valence-corrected chi connectivity index (χ1v) is 10.9. The molecule has 0 saturated carbocycles. The summed E-state index contributed by atoms with van der Waals surface area (Å²) in [5.74, 6) is -1.84. The first-order valence-electron chi connectivity index (χ1n) is 8.86. The molecule has 1 aromatic heterocycles. The molecular weight excluding hydrogens is 404 g/mol. The molecule has 1 aliphatic heterocycles. The van der Waals surface area contributed by atoms with Crippen LogP contribution in [0.5, 0.6) is 0 Å². The third-order valence-electron chi connectivity index (χ3n) is 4.44. The predicted molar refractivity (Wildman–Crippen MR) is 108 cm³/mol. The maximum atomic E-state index is 13.7. The minimum absolute atomic E-state index is 0.0185. The van der Waals surface area contributed by atoms with E-state index >= 15 is 0 Å². The number of carbonyl (C=O) groups excluding carboxylic acids is 2. The van der Waals surface area contributed by atoms with Gasteiger partial charge in [-0.1, -0.05) is 0 Å². The van der Waals surface area contributed by atoms with Crippen LogP contribution >= 0.6 is 23.1 Å². The van der Waals surface area contributed by atoms with Crippen LogP contribution in [0.3, 0.4) is 0 Å². The highest BCUT2D eigenvalue weighted by Crippen LogP contribution is 2.26. The monoisotopic (exact) mass is 425 g/mol. The molecule has 0 aliphatic carbocycles. The van der Waals surface area contributed by atoms with Gasteiger partial charge in [0.2, 0.25) is 5.91 Å². The van der Waals surface area contributed by atoms with Crippen molar-refractivity contribution in [2.24, 2.45) is 0 Å². The number of halogens is 2. The van der Waals surface area contributed by atoms with E-state index in [0.717, 1.165) is 27.6 Å². The van der Waals surface area contributed by atoms with E-state index in [1.165, 1.54) is 17.4 Å². The van der Waals surface area contributed by atoms with Crippen molar-refractivity contribution in [1.82, 2.24) is 9.80 Å². The molecule has 2 amide bonds. The van der Waals surface area contributed by atoms with Crippen LogP contribution in [0.25, 0.3) is 0 Å². The van der Waals surface area contributed by atoms with Gasteiger partial charge in [-0.05, 0) is 36.9 Å². The fourth-order valence-corrected chi connectivity index (χ4v) is 4.53. The Morgan fingerprint density at radius 1 is 1.14 bits per heavy atom. The highest BCUT2D eigenvalue weighted by atomic mass is 32.2. The number of thioether (sulfide) groups is 1. The number of carbonyl (C=O) groups is 2. The lowest BCUT2D eigenvalue weighted by atomic mass is 10.3. The lowest BCUT2D eigenvalue weighted by molar-refractivity contribution is -0.117. The van der Waals surface area contributed by atoms with Crippen LogP contribution in [0.15, 0.2) is 34.5 Å². The van der Waals surface area contributed by atoms with Gasteiger partial charge in [0.15, 0.2) is 0 Å². The fraction of sp³-hybridized carbons (Fsp3) is 0.368. The molecule has 28 heavy (non-hydrogen) atoms. The molecule has 0 radical (unpaired) electrons. The number of hydrogen-bond donors (Lipinski definition) is 1. The Balaban J connectivity index is 1.53. The Kier molecular flexibility index (Phi) is 7.03. The van der Waals surface area contributed by atoms with Gasteiger partial charge < -0.3 is 10.2 Å². The Labute approximate surface area is 170 Å². The molecule has 1 N–H and O–H groups in total. The standard InChI is InChI=1S/C19H21F2N3O2S2/c1-27-18-6-5-16(28-18)19(26)24-8-2-7-23(9-10-24)12-17(25)22-15-4-3-13(20)11-14(15)21/h3-6,11H,2,7-10,12H2,1H3,(H,22,25). The molecule has 1 aliphatic rings. The van der Waals surface area contributed by atoms with Crippen LogP contribution in [0, 0.1) is 11.6 Å². The third kappa shape index (κ3) is 5.30. The van der Waals surface area contributed by atoms with Gasteiger partial charge in [-0.2, -0.15) is 0 Å². The first kappa shape index (κ1) is 20.8. The van der Waals surface area contributed by atoms with Crippen LogP contribution in [0.4, 0.5) is 14.5 Å². The summed E-state index contributed by atoms with van der Waals surface area (Å²) < 4.78 is 27.7. The largest absolute Gasteiger partial charge is 0.337 e. The highest BCUT2D eigenvalue weighted by molar-refractivity contribution is 8.00.